The van der Waals surface area contributed by atoms with Gasteiger partial charge in [-0.15, -0.1) is 24.0 Å². The monoisotopic (exact) mass is 433 g/mol. The first-order valence-electron chi connectivity index (χ1n) is 6.84. The predicted octanol–water partition coefficient (Wildman–Crippen LogP) is 2.60. The molecule has 0 bridgehead atoms. The Labute approximate surface area is 153 Å². The van der Waals surface area contributed by atoms with E-state index in [9.17, 15) is 0 Å². The Balaban J connectivity index is 0.00000242. The molecule has 2 aromatic rings. The maximum absolute atomic E-state index is 5.97. The molecule has 0 aliphatic carbocycles. The Kier molecular flexibility index (Phi) is 8.26. The minimum Gasteiger partial charge on any atom is -0.356 e. The molecular formula is C15H21ClIN5. The van der Waals surface area contributed by atoms with E-state index in [1.165, 1.54) is 5.56 Å². The third kappa shape index (κ3) is 6.23. The van der Waals surface area contributed by atoms with Crippen molar-refractivity contribution in [1.82, 2.24) is 20.4 Å². The van der Waals surface area contributed by atoms with Gasteiger partial charge in [0.05, 0.1) is 6.20 Å². The van der Waals surface area contributed by atoms with Gasteiger partial charge < -0.3 is 10.6 Å². The third-order valence-corrected chi connectivity index (χ3v) is 3.27. The van der Waals surface area contributed by atoms with Crippen molar-refractivity contribution in [3.63, 3.8) is 0 Å². The number of nitrogens with one attached hydrogen (secondary N) is 2. The highest BCUT2D eigenvalue weighted by Gasteiger charge is 2.00. The molecule has 2 rings (SSSR count). The second kappa shape index (κ2) is 9.68. The van der Waals surface area contributed by atoms with Crippen molar-refractivity contribution < 1.29 is 0 Å². The van der Waals surface area contributed by atoms with Gasteiger partial charge in [-0.1, -0.05) is 23.7 Å². The van der Waals surface area contributed by atoms with Gasteiger partial charge in [-0.05, 0) is 24.1 Å². The lowest BCUT2D eigenvalue weighted by atomic mass is 10.1. The molecule has 0 fully saturated rings. The summed E-state index contributed by atoms with van der Waals surface area (Å²) in [6.07, 6.45) is 4.71. The maximum Gasteiger partial charge on any atom is 0.191 e. The highest BCUT2D eigenvalue weighted by molar-refractivity contribution is 14.0. The Bertz CT molecular complexity index is 611. The van der Waals surface area contributed by atoms with Crippen LogP contribution in [-0.4, -0.2) is 29.3 Å². The van der Waals surface area contributed by atoms with Crippen LogP contribution < -0.4 is 10.6 Å². The van der Waals surface area contributed by atoms with Crippen LogP contribution in [-0.2, 0) is 20.0 Å². The first-order valence-corrected chi connectivity index (χ1v) is 7.21. The molecule has 5 nitrogen and oxygen atoms in total. The van der Waals surface area contributed by atoms with Crippen LogP contribution in [0.1, 0.15) is 11.1 Å². The minimum absolute atomic E-state index is 0. The fourth-order valence-electron chi connectivity index (χ4n) is 1.99. The maximum atomic E-state index is 5.97. The Morgan fingerprint density at radius 3 is 2.77 bits per heavy atom. The van der Waals surface area contributed by atoms with Gasteiger partial charge in [0, 0.05) is 44.0 Å². The van der Waals surface area contributed by atoms with Gasteiger partial charge >= 0.3 is 0 Å². The summed E-state index contributed by atoms with van der Waals surface area (Å²) < 4.78 is 1.78. The zero-order valence-corrected chi connectivity index (χ0v) is 15.8. The van der Waals surface area contributed by atoms with E-state index in [4.69, 9.17) is 11.6 Å². The van der Waals surface area contributed by atoms with Crippen molar-refractivity contribution >= 4 is 41.5 Å². The summed E-state index contributed by atoms with van der Waals surface area (Å²) in [6, 6.07) is 7.90. The molecule has 1 heterocycles. The molecule has 0 saturated carbocycles. The summed E-state index contributed by atoms with van der Waals surface area (Å²) in [5.74, 6) is 0.779. The number of halogens is 2. The number of rotatable bonds is 5. The summed E-state index contributed by atoms with van der Waals surface area (Å²) >= 11 is 5.97. The molecule has 1 aromatic carbocycles. The lowest BCUT2D eigenvalue weighted by Gasteiger charge is -2.11. The van der Waals surface area contributed by atoms with Crippen LogP contribution in [0.15, 0.2) is 41.7 Å². The molecule has 1 aromatic heterocycles. The van der Waals surface area contributed by atoms with Gasteiger partial charge in [-0.3, -0.25) is 9.67 Å². The Morgan fingerprint density at radius 2 is 2.14 bits per heavy atom. The molecule has 2 N–H and O–H groups in total. The number of hydrogen-bond donors (Lipinski definition) is 2. The molecule has 0 amide bonds. The number of nitrogens with zero attached hydrogens (tertiary/aromatic N) is 3. The number of hydrogen-bond acceptors (Lipinski definition) is 2. The first kappa shape index (κ1) is 18.8. The SMILES string of the molecule is CN=C(NCCc1cccc(Cl)c1)NCc1cnn(C)c1.I. The fraction of sp³-hybridized carbons (Fsp3) is 0.333. The number of guanidine groups is 1. The van der Waals surface area contributed by atoms with Crippen LogP contribution in [0.2, 0.25) is 5.02 Å². The molecule has 22 heavy (non-hydrogen) atoms. The van der Waals surface area contributed by atoms with Crippen LogP contribution in [0.5, 0.6) is 0 Å². The number of aryl methyl sites for hydroxylation is 1. The van der Waals surface area contributed by atoms with Crippen molar-refractivity contribution in [2.45, 2.75) is 13.0 Å². The Hall–Kier alpha value is -1.28. The van der Waals surface area contributed by atoms with Crippen molar-refractivity contribution in [2.75, 3.05) is 13.6 Å². The highest BCUT2D eigenvalue weighted by Crippen LogP contribution is 2.10. The minimum atomic E-state index is 0. The molecule has 0 aliphatic rings. The highest BCUT2D eigenvalue weighted by atomic mass is 127. The summed E-state index contributed by atoms with van der Waals surface area (Å²) in [5.41, 5.74) is 2.33. The van der Waals surface area contributed by atoms with Crippen molar-refractivity contribution in [3.8, 4) is 0 Å². The van der Waals surface area contributed by atoms with Gasteiger partial charge in [-0.25, -0.2) is 0 Å². The summed E-state index contributed by atoms with van der Waals surface area (Å²) in [4.78, 5) is 4.20. The average Bonchev–Trinajstić information content (AvgIpc) is 2.88. The number of aliphatic imine (C=N–C) groups is 1. The van der Waals surface area contributed by atoms with E-state index >= 15 is 0 Å². The second-order valence-electron chi connectivity index (χ2n) is 4.75. The lowest BCUT2D eigenvalue weighted by Crippen LogP contribution is -2.37. The van der Waals surface area contributed by atoms with Gasteiger partial charge in [0.1, 0.15) is 0 Å². The zero-order valence-electron chi connectivity index (χ0n) is 12.7. The van der Waals surface area contributed by atoms with Crippen LogP contribution >= 0.6 is 35.6 Å². The largest absolute Gasteiger partial charge is 0.356 e. The standard InChI is InChI=1S/C15H20ClN5.HI/c1-17-15(19-9-13-10-20-21(2)11-13)18-7-6-12-4-3-5-14(16)8-12;/h3-5,8,10-11H,6-7,9H2,1-2H3,(H2,17,18,19);1H. The summed E-state index contributed by atoms with van der Waals surface area (Å²) in [7, 11) is 3.67. The van der Waals surface area contributed by atoms with E-state index in [0.29, 0.717) is 6.54 Å². The molecule has 0 atom stereocenters. The molecule has 0 aliphatic heterocycles. The Morgan fingerprint density at radius 1 is 1.32 bits per heavy atom. The van der Waals surface area contributed by atoms with Gasteiger partial charge in [0.2, 0.25) is 0 Å². The van der Waals surface area contributed by atoms with Crippen LogP contribution in [0.3, 0.4) is 0 Å². The molecule has 7 heteroatoms. The number of benzene rings is 1. The molecule has 0 spiro atoms. The van der Waals surface area contributed by atoms with Crippen molar-refractivity contribution in [3.05, 3.63) is 52.8 Å². The van der Waals surface area contributed by atoms with Crippen LogP contribution in [0.25, 0.3) is 0 Å². The number of aromatic nitrogens is 2. The van der Waals surface area contributed by atoms with Gasteiger partial charge in [0.15, 0.2) is 5.96 Å². The molecule has 0 saturated heterocycles. The smallest absolute Gasteiger partial charge is 0.191 e. The summed E-state index contributed by atoms with van der Waals surface area (Å²) in [5, 5.41) is 11.4. The van der Waals surface area contributed by atoms with Crippen LogP contribution in [0.4, 0.5) is 0 Å². The van der Waals surface area contributed by atoms with E-state index < -0.39 is 0 Å². The molecule has 120 valence electrons. The quantitative estimate of drug-likeness (QED) is 0.433. The van der Waals surface area contributed by atoms with Crippen LogP contribution in [0, 0.1) is 0 Å². The topological polar surface area (TPSA) is 54.2 Å². The second-order valence-corrected chi connectivity index (χ2v) is 5.19. The van der Waals surface area contributed by atoms with E-state index in [0.717, 1.165) is 29.5 Å². The van der Waals surface area contributed by atoms with Gasteiger partial charge in [0.25, 0.3) is 0 Å². The lowest BCUT2D eigenvalue weighted by molar-refractivity contribution is 0.764. The van der Waals surface area contributed by atoms with E-state index in [1.54, 1.807) is 11.7 Å². The van der Waals surface area contributed by atoms with E-state index in [1.807, 2.05) is 37.6 Å². The fourth-order valence-corrected chi connectivity index (χ4v) is 2.20. The van der Waals surface area contributed by atoms with E-state index in [-0.39, 0.29) is 24.0 Å². The molecule has 0 unspecified atom stereocenters. The average molecular weight is 434 g/mol. The summed E-state index contributed by atoms with van der Waals surface area (Å²) in [6.45, 7) is 1.50. The molecular weight excluding hydrogens is 413 g/mol. The first-order chi connectivity index (χ1) is 10.2. The zero-order chi connectivity index (χ0) is 15.1. The van der Waals surface area contributed by atoms with Crippen molar-refractivity contribution in [2.24, 2.45) is 12.0 Å². The third-order valence-electron chi connectivity index (χ3n) is 3.04. The molecule has 0 radical (unpaired) electrons. The van der Waals surface area contributed by atoms with Gasteiger partial charge in [-0.2, -0.15) is 5.10 Å². The van der Waals surface area contributed by atoms with E-state index in [2.05, 4.69) is 26.8 Å². The normalized spacial score (nSPS) is 11.0. The van der Waals surface area contributed by atoms with Crippen molar-refractivity contribution in [1.29, 1.82) is 0 Å². The predicted molar refractivity (Wildman–Crippen MR) is 102 cm³/mol.